The van der Waals surface area contributed by atoms with Gasteiger partial charge < -0.3 is 24.3 Å². The fraction of sp³-hybridized carbons (Fsp3) is 0.345. The lowest BCUT2D eigenvalue weighted by atomic mass is 9.97. The number of halogens is 1. The van der Waals surface area contributed by atoms with E-state index < -0.39 is 30.7 Å². The van der Waals surface area contributed by atoms with E-state index in [1.165, 1.54) is 6.92 Å². The van der Waals surface area contributed by atoms with Crippen molar-refractivity contribution in [2.24, 2.45) is 0 Å². The molecular formula is C29H32FNO5. The molecule has 190 valence electrons. The van der Waals surface area contributed by atoms with Gasteiger partial charge in [0.2, 0.25) is 5.91 Å². The van der Waals surface area contributed by atoms with Gasteiger partial charge in [-0.25, -0.2) is 4.39 Å². The van der Waals surface area contributed by atoms with E-state index in [9.17, 15) is 4.79 Å². The van der Waals surface area contributed by atoms with Crippen LogP contribution in [-0.2, 0) is 43.6 Å². The van der Waals surface area contributed by atoms with Crippen LogP contribution in [0.2, 0.25) is 0 Å². The number of carbonyl (C=O) groups is 1. The molecule has 1 amide bonds. The summed E-state index contributed by atoms with van der Waals surface area (Å²) in [4.78, 5) is 11.9. The molecule has 0 spiro atoms. The minimum Gasteiger partial charge on any atom is -0.374 e. The summed E-state index contributed by atoms with van der Waals surface area (Å²) in [5, 5.41) is 2.66. The second-order valence-corrected chi connectivity index (χ2v) is 8.77. The molecule has 0 aromatic heterocycles. The van der Waals surface area contributed by atoms with Crippen molar-refractivity contribution in [2.45, 2.75) is 57.5 Å². The molecule has 1 aliphatic rings. The van der Waals surface area contributed by atoms with Gasteiger partial charge in [-0.1, -0.05) is 91.0 Å². The molecule has 0 aliphatic carbocycles. The van der Waals surface area contributed by atoms with Crippen LogP contribution in [-0.4, -0.2) is 43.2 Å². The molecule has 3 aromatic carbocycles. The first-order valence-corrected chi connectivity index (χ1v) is 12.1. The molecule has 5 atom stereocenters. The van der Waals surface area contributed by atoms with Crippen LogP contribution in [0.25, 0.3) is 0 Å². The van der Waals surface area contributed by atoms with Crippen molar-refractivity contribution in [3.8, 4) is 0 Å². The number of nitrogens with one attached hydrogen (secondary N) is 1. The minimum atomic E-state index is -1.57. The Morgan fingerprint density at radius 2 is 1.31 bits per heavy atom. The molecule has 1 heterocycles. The topological polar surface area (TPSA) is 66.0 Å². The predicted molar refractivity (Wildman–Crippen MR) is 134 cm³/mol. The lowest BCUT2D eigenvalue weighted by molar-refractivity contribution is -0.276. The Bertz CT molecular complexity index is 1050. The van der Waals surface area contributed by atoms with Gasteiger partial charge in [-0.2, -0.15) is 0 Å². The van der Waals surface area contributed by atoms with Crippen LogP contribution in [0.5, 0.6) is 0 Å². The molecule has 1 aliphatic heterocycles. The Morgan fingerprint density at radius 3 is 1.83 bits per heavy atom. The molecule has 36 heavy (non-hydrogen) atoms. The zero-order valence-electron chi connectivity index (χ0n) is 20.3. The van der Waals surface area contributed by atoms with Gasteiger partial charge in [-0.3, -0.25) is 4.79 Å². The van der Waals surface area contributed by atoms with Gasteiger partial charge in [-0.05, 0) is 16.7 Å². The number of hydrogen-bond donors (Lipinski definition) is 1. The Morgan fingerprint density at radius 1 is 0.806 bits per heavy atom. The van der Waals surface area contributed by atoms with Crippen molar-refractivity contribution < 1.29 is 28.1 Å². The Balaban J connectivity index is 1.49. The molecule has 4 rings (SSSR count). The summed E-state index contributed by atoms with van der Waals surface area (Å²) in [5.41, 5.74) is 2.82. The second kappa shape index (κ2) is 13.3. The van der Waals surface area contributed by atoms with E-state index >= 15 is 4.39 Å². The van der Waals surface area contributed by atoms with E-state index in [-0.39, 0.29) is 25.7 Å². The van der Waals surface area contributed by atoms with Gasteiger partial charge in [-0.15, -0.1) is 0 Å². The van der Waals surface area contributed by atoms with Crippen molar-refractivity contribution in [2.75, 3.05) is 6.61 Å². The first-order chi connectivity index (χ1) is 17.6. The van der Waals surface area contributed by atoms with Crippen LogP contribution in [0.15, 0.2) is 91.0 Å². The molecule has 1 fully saturated rings. The van der Waals surface area contributed by atoms with Gasteiger partial charge in [0.05, 0.1) is 26.4 Å². The van der Waals surface area contributed by atoms with Crippen LogP contribution in [0, 0.1) is 0 Å². The van der Waals surface area contributed by atoms with Gasteiger partial charge in [0.15, 0.2) is 12.5 Å². The van der Waals surface area contributed by atoms with E-state index in [1.807, 2.05) is 91.0 Å². The molecule has 6 nitrogen and oxygen atoms in total. The quantitative estimate of drug-likeness (QED) is 0.424. The van der Waals surface area contributed by atoms with Crippen LogP contribution in [0.1, 0.15) is 23.6 Å². The fourth-order valence-corrected chi connectivity index (χ4v) is 4.14. The Hall–Kier alpha value is -3.10. The van der Waals surface area contributed by atoms with E-state index in [1.54, 1.807) is 0 Å². The first kappa shape index (κ1) is 26.0. The highest BCUT2D eigenvalue weighted by Gasteiger charge is 2.48. The maximum Gasteiger partial charge on any atom is 0.217 e. The van der Waals surface area contributed by atoms with Crippen LogP contribution in [0.4, 0.5) is 4.39 Å². The minimum absolute atomic E-state index is 0.104. The SMILES string of the molecule is CC(=O)N[C@H]1[C@@H](OCc2ccccc2)O[C@H](COCc2ccccc2)[C@@H](OCc2ccccc2)[C@@H]1F. The van der Waals surface area contributed by atoms with Crippen molar-refractivity contribution in [3.05, 3.63) is 108 Å². The number of alkyl halides is 1. The van der Waals surface area contributed by atoms with Gasteiger partial charge >= 0.3 is 0 Å². The monoisotopic (exact) mass is 493 g/mol. The third-order valence-electron chi connectivity index (χ3n) is 5.93. The van der Waals surface area contributed by atoms with Crippen molar-refractivity contribution in [1.82, 2.24) is 5.32 Å². The molecule has 0 radical (unpaired) electrons. The van der Waals surface area contributed by atoms with Crippen LogP contribution >= 0.6 is 0 Å². The fourth-order valence-electron chi connectivity index (χ4n) is 4.14. The van der Waals surface area contributed by atoms with Crippen LogP contribution < -0.4 is 5.32 Å². The molecule has 0 unspecified atom stereocenters. The van der Waals surface area contributed by atoms with Crippen molar-refractivity contribution in [3.63, 3.8) is 0 Å². The maximum absolute atomic E-state index is 16.0. The normalized spacial score (nSPS) is 23.8. The third kappa shape index (κ3) is 7.45. The van der Waals surface area contributed by atoms with Gasteiger partial charge in [0, 0.05) is 6.92 Å². The predicted octanol–water partition coefficient (Wildman–Crippen LogP) is 4.57. The number of hydrogen-bond acceptors (Lipinski definition) is 5. The summed E-state index contributed by atoms with van der Waals surface area (Å²) in [6.07, 6.45) is -4.28. The summed E-state index contributed by atoms with van der Waals surface area (Å²) in [6, 6.07) is 27.8. The average Bonchev–Trinajstić information content (AvgIpc) is 2.90. The summed E-state index contributed by atoms with van der Waals surface area (Å²) in [7, 11) is 0. The molecule has 3 aromatic rings. The standard InChI is InChI=1S/C29H32FNO5/c1-21(32)31-27-26(30)28(34-18-23-13-7-3-8-14-23)25(20-33-17-22-11-5-2-6-12-22)36-29(27)35-19-24-15-9-4-10-16-24/h2-16,25-29H,17-20H2,1H3,(H,31,32)/t25-,26-,27-,28-,29+/m1/s1. The largest absolute Gasteiger partial charge is 0.374 e. The molecular weight excluding hydrogens is 461 g/mol. The highest BCUT2D eigenvalue weighted by atomic mass is 19.1. The van der Waals surface area contributed by atoms with Crippen LogP contribution in [0.3, 0.4) is 0 Å². The Labute approximate surface area is 211 Å². The van der Waals surface area contributed by atoms with Crippen molar-refractivity contribution >= 4 is 5.91 Å². The average molecular weight is 494 g/mol. The lowest BCUT2D eigenvalue weighted by Gasteiger charge is -2.43. The van der Waals surface area contributed by atoms with E-state index in [4.69, 9.17) is 18.9 Å². The maximum atomic E-state index is 16.0. The van der Waals surface area contributed by atoms with Crippen molar-refractivity contribution in [1.29, 1.82) is 0 Å². The molecule has 0 saturated carbocycles. The number of rotatable bonds is 11. The highest BCUT2D eigenvalue weighted by Crippen LogP contribution is 2.29. The first-order valence-electron chi connectivity index (χ1n) is 12.1. The van der Waals surface area contributed by atoms with E-state index in [0.717, 1.165) is 16.7 Å². The second-order valence-electron chi connectivity index (χ2n) is 8.77. The highest BCUT2D eigenvalue weighted by molar-refractivity contribution is 5.73. The smallest absolute Gasteiger partial charge is 0.217 e. The number of amides is 1. The zero-order valence-corrected chi connectivity index (χ0v) is 20.3. The zero-order chi connectivity index (χ0) is 25.2. The number of ether oxygens (including phenoxy) is 4. The third-order valence-corrected chi connectivity index (χ3v) is 5.93. The summed E-state index contributed by atoms with van der Waals surface area (Å²) >= 11 is 0. The summed E-state index contributed by atoms with van der Waals surface area (Å²) in [6.45, 7) is 2.21. The summed E-state index contributed by atoms with van der Waals surface area (Å²) < 4.78 is 40.1. The van der Waals surface area contributed by atoms with E-state index in [0.29, 0.717) is 6.61 Å². The lowest BCUT2D eigenvalue weighted by Crippen LogP contribution is -2.63. The number of benzene rings is 3. The molecule has 7 heteroatoms. The molecule has 0 bridgehead atoms. The molecule has 1 N–H and O–H groups in total. The molecule has 1 saturated heterocycles. The van der Waals surface area contributed by atoms with Gasteiger partial charge in [0.25, 0.3) is 0 Å². The Kier molecular flexibility index (Phi) is 9.58. The van der Waals surface area contributed by atoms with E-state index in [2.05, 4.69) is 5.32 Å². The summed E-state index contributed by atoms with van der Waals surface area (Å²) in [5.74, 6) is -0.375. The van der Waals surface area contributed by atoms with Gasteiger partial charge in [0.1, 0.15) is 18.2 Å². The number of carbonyl (C=O) groups excluding carboxylic acids is 1.